The summed E-state index contributed by atoms with van der Waals surface area (Å²) < 4.78 is 0. The Morgan fingerprint density at radius 1 is 0.786 bits per heavy atom. The summed E-state index contributed by atoms with van der Waals surface area (Å²) in [5.74, 6) is 0.654. The lowest BCUT2D eigenvalue weighted by Crippen LogP contribution is -2.58. The van der Waals surface area contributed by atoms with Gasteiger partial charge >= 0.3 is 0 Å². The average molecular weight is 389 g/mol. The van der Waals surface area contributed by atoms with Gasteiger partial charge in [-0.2, -0.15) is 0 Å². The van der Waals surface area contributed by atoms with Crippen molar-refractivity contribution < 1.29 is 19.8 Å². The number of rotatable bonds is 0. The molecular weight excluding hydrogens is 358 g/mol. The molecule has 2 amide bonds. The minimum Gasteiger partial charge on any atom is -0.393 e. The molecule has 0 aromatic rings. The van der Waals surface area contributed by atoms with Crippen LogP contribution < -0.4 is 10.6 Å². The Bertz CT molecular complexity index is 658. The quantitative estimate of drug-likeness (QED) is 0.416. The first-order valence-corrected chi connectivity index (χ1v) is 11.2. The van der Waals surface area contributed by atoms with Crippen LogP contribution >= 0.6 is 0 Å². The van der Waals surface area contributed by atoms with Gasteiger partial charge in [0.2, 0.25) is 11.8 Å². The maximum absolute atomic E-state index is 13.2. The predicted molar refractivity (Wildman–Crippen MR) is 99.9 cm³/mol. The third kappa shape index (κ3) is 2.19. The van der Waals surface area contributed by atoms with Crippen LogP contribution in [0, 0.1) is 35.5 Å². The van der Waals surface area contributed by atoms with Crippen molar-refractivity contribution in [3.8, 4) is 0 Å². The van der Waals surface area contributed by atoms with Gasteiger partial charge in [-0.3, -0.25) is 14.5 Å². The van der Waals surface area contributed by atoms with Crippen molar-refractivity contribution in [2.75, 3.05) is 7.05 Å². The van der Waals surface area contributed by atoms with Gasteiger partial charge in [0.25, 0.3) is 0 Å². The van der Waals surface area contributed by atoms with Gasteiger partial charge in [0.1, 0.15) is 0 Å². The first-order chi connectivity index (χ1) is 13.5. The van der Waals surface area contributed by atoms with E-state index in [2.05, 4.69) is 10.6 Å². The average Bonchev–Trinajstić information content (AvgIpc) is 3.28. The molecule has 12 atom stereocenters. The fourth-order valence-corrected chi connectivity index (χ4v) is 8.23. The zero-order valence-electron chi connectivity index (χ0n) is 16.3. The summed E-state index contributed by atoms with van der Waals surface area (Å²) in [5, 5.41) is 28.0. The minimum atomic E-state index is -0.265. The van der Waals surface area contributed by atoms with Gasteiger partial charge in [0.05, 0.1) is 24.0 Å². The predicted octanol–water partition coefficient (Wildman–Crippen LogP) is -0.534. The first-order valence-electron chi connectivity index (χ1n) is 11.2. The number of imide groups is 1. The third-order valence-electron chi connectivity index (χ3n) is 9.22. The molecule has 7 heteroatoms. The Kier molecular flexibility index (Phi) is 3.82. The van der Waals surface area contributed by atoms with Crippen LogP contribution in [0.3, 0.4) is 0 Å². The molecule has 3 saturated heterocycles. The summed E-state index contributed by atoms with van der Waals surface area (Å²) in [6.07, 6.45) is 4.40. The van der Waals surface area contributed by atoms with E-state index < -0.39 is 0 Å². The number of carbonyl (C=O) groups is 2. The molecule has 6 fully saturated rings. The minimum absolute atomic E-state index is 0.0105. The molecule has 0 radical (unpaired) electrons. The summed E-state index contributed by atoms with van der Waals surface area (Å²) in [7, 11) is 1.65. The van der Waals surface area contributed by atoms with Crippen LogP contribution in [0.2, 0.25) is 0 Å². The molecule has 7 nitrogen and oxygen atoms in total. The second-order valence-corrected chi connectivity index (χ2v) is 10.3. The van der Waals surface area contributed by atoms with E-state index in [4.69, 9.17) is 0 Å². The van der Waals surface area contributed by atoms with E-state index in [9.17, 15) is 19.8 Å². The molecule has 6 rings (SSSR count). The van der Waals surface area contributed by atoms with Crippen LogP contribution in [-0.4, -0.2) is 70.4 Å². The highest BCUT2D eigenvalue weighted by molar-refractivity contribution is 6.05. The molecule has 0 aromatic carbocycles. The molecule has 3 aliphatic heterocycles. The molecule has 154 valence electrons. The number of amides is 2. The van der Waals surface area contributed by atoms with Gasteiger partial charge in [-0.05, 0) is 62.2 Å². The largest absolute Gasteiger partial charge is 0.393 e. The van der Waals surface area contributed by atoms with E-state index in [1.165, 1.54) is 4.90 Å². The van der Waals surface area contributed by atoms with Crippen LogP contribution in [0.5, 0.6) is 0 Å². The fourth-order valence-electron chi connectivity index (χ4n) is 8.23. The highest BCUT2D eigenvalue weighted by Crippen LogP contribution is 2.58. The second kappa shape index (κ2) is 6.00. The van der Waals surface area contributed by atoms with Crippen molar-refractivity contribution in [1.29, 1.82) is 0 Å². The summed E-state index contributed by atoms with van der Waals surface area (Å²) >= 11 is 0. The van der Waals surface area contributed by atoms with E-state index in [1.54, 1.807) is 7.05 Å². The first kappa shape index (κ1) is 17.8. The molecule has 12 unspecified atom stereocenters. The number of hydrogen-bond acceptors (Lipinski definition) is 6. The number of carbonyl (C=O) groups excluding carboxylic acids is 2. The Balaban J connectivity index is 1.42. The zero-order valence-corrected chi connectivity index (χ0v) is 16.3. The topological polar surface area (TPSA) is 102 Å². The summed E-state index contributed by atoms with van der Waals surface area (Å²) in [6, 6.07) is 0.832. The van der Waals surface area contributed by atoms with Gasteiger partial charge in [0, 0.05) is 31.2 Å². The molecular formula is C21H31N3O4. The Hall–Kier alpha value is -1.02. The van der Waals surface area contributed by atoms with E-state index in [1.807, 2.05) is 0 Å². The number of nitrogens with one attached hydrogen (secondary N) is 2. The number of fused-ring (bicyclic) bond motifs is 10. The number of hydrogen-bond donors (Lipinski definition) is 4. The molecule has 0 aromatic heterocycles. The lowest BCUT2D eigenvalue weighted by atomic mass is 9.57. The Morgan fingerprint density at radius 3 is 1.64 bits per heavy atom. The zero-order chi connectivity index (χ0) is 19.3. The lowest BCUT2D eigenvalue weighted by molar-refractivity contribution is -0.138. The smallest absolute Gasteiger partial charge is 0.233 e. The van der Waals surface area contributed by atoms with Crippen LogP contribution in [0.4, 0.5) is 0 Å². The molecule has 4 N–H and O–H groups in total. The fraction of sp³-hybridized carbons (Fsp3) is 0.905. The maximum Gasteiger partial charge on any atom is 0.233 e. The summed E-state index contributed by atoms with van der Waals surface area (Å²) in [5.41, 5.74) is 0. The van der Waals surface area contributed by atoms with E-state index >= 15 is 0 Å². The van der Waals surface area contributed by atoms with Crippen molar-refractivity contribution in [3.05, 3.63) is 0 Å². The van der Waals surface area contributed by atoms with Crippen LogP contribution in [0.25, 0.3) is 0 Å². The van der Waals surface area contributed by atoms with Gasteiger partial charge in [0.15, 0.2) is 0 Å². The number of aliphatic hydroxyl groups excluding tert-OH is 2. The van der Waals surface area contributed by atoms with Crippen molar-refractivity contribution in [3.63, 3.8) is 0 Å². The standard InChI is InChI=1S/C21H31N3O4/c1-24-20(27)16-14-10-4-2-8(25)6-12(10)22-18(14)19-15(17(16)21(24)28)11-5-3-9(26)7-13(11)23-19/h8-19,22-23,25-26H,2-7H2,1H3. The third-order valence-corrected chi connectivity index (χ3v) is 9.22. The molecule has 3 aliphatic carbocycles. The number of nitrogens with zero attached hydrogens (tertiary/aromatic N) is 1. The molecule has 3 heterocycles. The van der Waals surface area contributed by atoms with Crippen LogP contribution in [0.15, 0.2) is 0 Å². The lowest BCUT2D eigenvalue weighted by Gasteiger charge is -2.45. The van der Waals surface area contributed by atoms with E-state index in [-0.39, 0.29) is 71.9 Å². The van der Waals surface area contributed by atoms with Crippen molar-refractivity contribution >= 4 is 11.8 Å². The van der Waals surface area contributed by atoms with Gasteiger partial charge in [-0.15, -0.1) is 0 Å². The summed E-state index contributed by atoms with van der Waals surface area (Å²) in [6.45, 7) is 0. The molecule has 0 spiro atoms. The number of likely N-dealkylation sites (tertiary alicyclic amines) is 1. The SMILES string of the molecule is CN1C(=O)C2C(C1=O)C1C3CCC(O)CC3NC1C1NC3CC(O)CCC3C12. The normalized spacial score (nSPS) is 57.5. The van der Waals surface area contributed by atoms with Crippen molar-refractivity contribution in [2.24, 2.45) is 35.5 Å². The monoisotopic (exact) mass is 389 g/mol. The van der Waals surface area contributed by atoms with Gasteiger partial charge in [-0.25, -0.2) is 0 Å². The molecule has 0 bridgehead atoms. The molecule has 6 aliphatic rings. The summed E-state index contributed by atoms with van der Waals surface area (Å²) in [4.78, 5) is 27.8. The highest BCUT2D eigenvalue weighted by atomic mass is 16.3. The van der Waals surface area contributed by atoms with Crippen molar-refractivity contribution in [1.82, 2.24) is 15.5 Å². The van der Waals surface area contributed by atoms with Gasteiger partial charge < -0.3 is 20.8 Å². The maximum atomic E-state index is 13.2. The number of aliphatic hydroxyl groups is 2. The Morgan fingerprint density at radius 2 is 1.21 bits per heavy atom. The van der Waals surface area contributed by atoms with E-state index in [0.717, 1.165) is 38.5 Å². The molecule has 3 saturated carbocycles. The molecule has 28 heavy (non-hydrogen) atoms. The van der Waals surface area contributed by atoms with Crippen molar-refractivity contribution in [2.45, 2.75) is 74.9 Å². The van der Waals surface area contributed by atoms with Crippen LogP contribution in [0.1, 0.15) is 38.5 Å². The Labute approximate surface area is 165 Å². The van der Waals surface area contributed by atoms with Crippen LogP contribution in [-0.2, 0) is 9.59 Å². The van der Waals surface area contributed by atoms with Gasteiger partial charge in [-0.1, -0.05) is 0 Å². The van der Waals surface area contributed by atoms with E-state index in [0.29, 0.717) is 11.8 Å². The highest BCUT2D eigenvalue weighted by Gasteiger charge is 2.69. The second-order valence-electron chi connectivity index (χ2n) is 10.3.